The van der Waals surface area contributed by atoms with Crippen LogP contribution < -0.4 is 24.8 Å². The van der Waals surface area contributed by atoms with E-state index in [-0.39, 0.29) is 35.6 Å². The van der Waals surface area contributed by atoms with E-state index in [2.05, 4.69) is 221 Å². The van der Waals surface area contributed by atoms with Crippen LogP contribution in [0.2, 0.25) is 0 Å². The fraction of sp³-hybridized carbons (Fsp3) is 0.288. The van der Waals surface area contributed by atoms with E-state index in [4.69, 9.17) is 0 Å². The summed E-state index contributed by atoms with van der Waals surface area (Å²) in [7, 11) is 0. The van der Waals surface area contributed by atoms with Gasteiger partial charge in [-0.25, -0.2) is 12.2 Å². The van der Waals surface area contributed by atoms with Gasteiger partial charge in [0.2, 0.25) is 0 Å². The quantitative estimate of drug-likeness (QED) is 0.133. The van der Waals surface area contributed by atoms with Crippen molar-refractivity contribution in [2.24, 2.45) is 0 Å². The number of halogens is 2. The van der Waals surface area contributed by atoms with Gasteiger partial charge in [0.05, 0.1) is 0 Å². The Morgan fingerprint density at radius 1 is 0.548 bits per heavy atom. The van der Waals surface area contributed by atoms with Crippen LogP contribution >= 0.6 is 0 Å². The Kier molecular flexibility index (Phi) is 18.4. The maximum absolute atomic E-state index is 2.99. The number of rotatable bonds is 8. The summed E-state index contributed by atoms with van der Waals surface area (Å²) in [6.07, 6.45) is 12.2. The van der Waals surface area contributed by atoms with Crippen LogP contribution in [-0.4, -0.2) is 3.21 Å². The van der Waals surface area contributed by atoms with E-state index in [1.54, 1.807) is 27.4 Å². The van der Waals surface area contributed by atoms with Gasteiger partial charge in [-0.15, -0.1) is 46.2 Å². The third-order valence-electron chi connectivity index (χ3n) is 11.4. The van der Waals surface area contributed by atoms with Crippen LogP contribution in [0.1, 0.15) is 121 Å². The third kappa shape index (κ3) is 12.8. The summed E-state index contributed by atoms with van der Waals surface area (Å²) < 4.78 is 1.60. The van der Waals surface area contributed by atoms with Crippen molar-refractivity contribution in [3.63, 3.8) is 0 Å². The second-order valence-electron chi connectivity index (χ2n) is 19.0. The molecule has 320 valence electrons. The third-order valence-corrected chi connectivity index (χ3v) is 12.3. The van der Waals surface area contributed by atoms with Crippen molar-refractivity contribution in [1.29, 1.82) is 0 Å². The molecule has 0 amide bonds. The zero-order valence-electron chi connectivity index (χ0n) is 38.5. The number of benzene rings is 6. The Balaban J connectivity index is 0.000000302. The summed E-state index contributed by atoms with van der Waals surface area (Å²) in [6.45, 7) is 23.3. The van der Waals surface area contributed by atoms with Crippen LogP contribution in [0.4, 0.5) is 0 Å². The zero-order chi connectivity index (χ0) is 43.0. The molecule has 0 bridgehead atoms. The molecule has 0 heterocycles. The number of hydrogen-bond donors (Lipinski definition) is 0. The number of fused-ring (bicyclic) bond motifs is 3. The van der Waals surface area contributed by atoms with Crippen LogP contribution in [0.3, 0.4) is 0 Å². The van der Waals surface area contributed by atoms with Gasteiger partial charge in [-0.3, -0.25) is 6.08 Å². The topological polar surface area (TPSA) is 0 Å². The maximum atomic E-state index is 2.99. The first kappa shape index (κ1) is 50.6. The van der Waals surface area contributed by atoms with Crippen molar-refractivity contribution in [1.82, 2.24) is 0 Å². The van der Waals surface area contributed by atoms with E-state index >= 15 is 0 Å². The first-order valence-corrected chi connectivity index (χ1v) is 23.1. The summed E-state index contributed by atoms with van der Waals surface area (Å²) in [5.74, 6) is 0.947. The second kappa shape index (κ2) is 22.6. The molecular formula is C59H64Cl2Zr-2. The number of allylic oxidation sites excluding steroid dienone is 4. The van der Waals surface area contributed by atoms with Crippen LogP contribution in [-0.2, 0) is 47.9 Å². The van der Waals surface area contributed by atoms with Crippen LogP contribution in [0.5, 0.6) is 0 Å². The van der Waals surface area contributed by atoms with E-state index < -0.39 is 0 Å². The van der Waals surface area contributed by atoms with Crippen molar-refractivity contribution in [2.75, 3.05) is 0 Å². The zero-order valence-corrected chi connectivity index (χ0v) is 42.5. The van der Waals surface area contributed by atoms with Gasteiger partial charge in [-0.2, -0.15) is 6.08 Å². The Hall–Kier alpha value is -4.00. The number of hydrogen-bond acceptors (Lipinski definition) is 0. The summed E-state index contributed by atoms with van der Waals surface area (Å²) >= 11 is 1.55. The minimum atomic E-state index is 0. The van der Waals surface area contributed by atoms with Crippen molar-refractivity contribution >= 4 is 24.8 Å². The molecular weight excluding hydrogens is 871 g/mol. The first-order chi connectivity index (χ1) is 28.6. The van der Waals surface area contributed by atoms with E-state index in [1.165, 1.54) is 77.2 Å². The fourth-order valence-corrected chi connectivity index (χ4v) is 9.37. The molecule has 0 aromatic heterocycles. The van der Waals surface area contributed by atoms with Crippen molar-refractivity contribution in [3.8, 4) is 22.3 Å². The van der Waals surface area contributed by atoms with Gasteiger partial charge in [0.1, 0.15) is 0 Å². The van der Waals surface area contributed by atoms with E-state index in [9.17, 15) is 0 Å². The molecule has 7 aromatic carbocycles. The second-order valence-corrected chi connectivity index (χ2v) is 20.8. The monoisotopic (exact) mass is 932 g/mol. The predicted octanol–water partition coefficient (Wildman–Crippen LogP) is 10.4. The summed E-state index contributed by atoms with van der Waals surface area (Å²) in [4.78, 5) is 0. The molecule has 0 N–H and O–H groups in total. The fourth-order valence-electron chi connectivity index (χ4n) is 8.37. The van der Waals surface area contributed by atoms with Gasteiger partial charge in [-0.05, 0) is 67.2 Å². The summed E-state index contributed by atoms with van der Waals surface area (Å²) in [5, 5.41) is 5.41. The minimum absolute atomic E-state index is 0. The Morgan fingerprint density at radius 2 is 0.935 bits per heavy atom. The molecule has 0 aliphatic heterocycles. The molecule has 0 nitrogen and oxygen atoms in total. The van der Waals surface area contributed by atoms with Gasteiger partial charge < -0.3 is 24.8 Å². The summed E-state index contributed by atoms with van der Waals surface area (Å²) in [5.41, 5.74) is 14.0. The molecule has 3 heteroatoms. The Labute approximate surface area is 401 Å². The molecule has 0 spiro atoms. The van der Waals surface area contributed by atoms with Crippen molar-refractivity contribution in [3.05, 3.63) is 197 Å². The molecule has 1 aliphatic rings. The summed E-state index contributed by atoms with van der Waals surface area (Å²) in [6, 6.07) is 51.7. The SMILES string of the molecule is CC(C)c1ccccc1-c1cc2[cH-]c3cc(-c4ccccc4C(C)C)c(C(C)(C)C)cc3c2cc1C(C)(C)C.[C-]1=CC=CC1.[Cl-].[Cl-].[Zr+2]=[C](Cc1ccccc1)Cc1ccccc1. The molecule has 0 atom stereocenters. The van der Waals surface area contributed by atoms with Crippen LogP contribution in [0.15, 0.2) is 158 Å². The molecule has 8 rings (SSSR count). The Bertz CT molecular complexity index is 2410. The average molecular weight is 935 g/mol. The van der Waals surface area contributed by atoms with Crippen molar-refractivity contribution < 1.29 is 49.0 Å². The van der Waals surface area contributed by atoms with Gasteiger partial charge in [0.25, 0.3) is 0 Å². The van der Waals surface area contributed by atoms with E-state index in [0.717, 1.165) is 19.3 Å². The molecule has 1 aliphatic carbocycles. The van der Waals surface area contributed by atoms with Gasteiger partial charge in [-0.1, -0.05) is 130 Å². The van der Waals surface area contributed by atoms with E-state index in [1.807, 2.05) is 12.2 Å². The van der Waals surface area contributed by atoms with Gasteiger partial charge in [0.15, 0.2) is 0 Å². The predicted molar refractivity (Wildman–Crippen MR) is 260 cm³/mol. The molecule has 62 heavy (non-hydrogen) atoms. The molecule has 0 fully saturated rings. The first-order valence-electron chi connectivity index (χ1n) is 21.9. The molecule has 0 saturated heterocycles. The van der Waals surface area contributed by atoms with Crippen LogP contribution in [0, 0.1) is 6.08 Å². The molecule has 0 radical (unpaired) electrons. The molecule has 0 saturated carbocycles. The Morgan fingerprint density at radius 3 is 1.26 bits per heavy atom. The van der Waals surface area contributed by atoms with Gasteiger partial charge >= 0.3 is 112 Å². The molecule has 7 aromatic rings. The average Bonchev–Trinajstić information content (AvgIpc) is 3.92. The molecule has 0 unspecified atom stereocenters. The van der Waals surface area contributed by atoms with Crippen LogP contribution in [0.25, 0.3) is 43.8 Å². The van der Waals surface area contributed by atoms with E-state index in [0.29, 0.717) is 11.8 Å². The standard InChI is InChI=1S/C39H45.C15H14.C5H5.2ClH.Zr/c1-24(2)28-15-11-13-17-30(28)34-20-26-19-27-21-35(31-18-14-12-16-29(31)25(3)4)37(39(8,9)10)23-33(27)32(26)22-36(34)38(5,6)7;1-3-8-14(9-4-1)12-7-13-15-10-5-2-6-11-15;1-2-4-5-3-1;;;/h11-25H,1-10H3;1-6,8-11H,12-13H2;1-3H,4H2;2*1H;/q-1;;-1;;;+2/p-2. The van der Waals surface area contributed by atoms with Crippen molar-refractivity contribution in [2.45, 2.75) is 111 Å². The normalized spacial score (nSPS) is 12.1. The van der Waals surface area contributed by atoms with Gasteiger partial charge in [0, 0.05) is 0 Å².